The Balaban J connectivity index is 2.16. The molecule has 0 atom stereocenters. The minimum atomic E-state index is -1.16. The van der Waals surface area contributed by atoms with Crippen molar-refractivity contribution in [2.45, 2.75) is 18.4 Å². The van der Waals surface area contributed by atoms with Gasteiger partial charge in [0, 0.05) is 18.7 Å². The summed E-state index contributed by atoms with van der Waals surface area (Å²) in [7, 11) is 2.01. The van der Waals surface area contributed by atoms with Crippen molar-refractivity contribution in [2.75, 3.05) is 20.1 Å². The second-order valence-corrected chi connectivity index (χ2v) is 4.53. The number of hydrogen-bond acceptors (Lipinski definition) is 3. The zero-order valence-corrected chi connectivity index (χ0v) is 9.52. The number of rotatable bonds is 2. The van der Waals surface area contributed by atoms with Gasteiger partial charge in [-0.2, -0.15) is 0 Å². The van der Waals surface area contributed by atoms with E-state index in [-0.39, 0.29) is 5.78 Å². The highest BCUT2D eigenvalue weighted by Crippen LogP contribution is 2.25. The summed E-state index contributed by atoms with van der Waals surface area (Å²) >= 11 is 0. The van der Waals surface area contributed by atoms with E-state index in [1.807, 2.05) is 25.2 Å². The maximum absolute atomic E-state index is 12.2. The monoisotopic (exact) mass is 219 g/mol. The Morgan fingerprint density at radius 1 is 1.25 bits per heavy atom. The van der Waals surface area contributed by atoms with Crippen molar-refractivity contribution in [1.29, 1.82) is 0 Å². The van der Waals surface area contributed by atoms with Gasteiger partial charge < -0.3 is 10.0 Å². The van der Waals surface area contributed by atoms with E-state index in [2.05, 4.69) is 4.90 Å². The predicted molar refractivity (Wildman–Crippen MR) is 62.5 cm³/mol. The van der Waals surface area contributed by atoms with Gasteiger partial charge in [-0.3, -0.25) is 4.79 Å². The molecule has 86 valence electrons. The van der Waals surface area contributed by atoms with Gasteiger partial charge in [0.05, 0.1) is 0 Å². The largest absolute Gasteiger partial charge is 0.382 e. The molecule has 0 unspecified atom stereocenters. The maximum atomic E-state index is 12.2. The number of piperidine rings is 1. The van der Waals surface area contributed by atoms with E-state index in [0.717, 1.165) is 13.1 Å². The molecule has 0 amide bonds. The quantitative estimate of drug-likeness (QED) is 0.763. The SMILES string of the molecule is CN1CCC(O)(C(=O)c2ccccc2)CC1. The molecular formula is C13H17NO2. The van der Waals surface area contributed by atoms with Crippen LogP contribution in [0.2, 0.25) is 0 Å². The average molecular weight is 219 g/mol. The van der Waals surface area contributed by atoms with Crippen LogP contribution in [0.15, 0.2) is 30.3 Å². The van der Waals surface area contributed by atoms with E-state index in [9.17, 15) is 9.90 Å². The van der Waals surface area contributed by atoms with Crippen LogP contribution in [-0.4, -0.2) is 41.5 Å². The van der Waals surface area contributed by atoms with Crippen LogP contribution in [0, 0.1) is 0 Å². The predicted octanol–water partition coefficient (Wildman–Crippen LogP) is 1.33. The van der Waals surface area contributed by atoms with Gasteiger partial charge >= 0.3 is 0 Å². The van der Waals surface area contributed by atoms with E-state index >= 15 is 0 Å². The standard InChI is InChI=1S/C13H17NO2/c1-14-9-7-13(16,8-10-14)12(15)11-5-3-2-4-6-11/h2-6,16H,7-10H2,1H3. The lowest BCUT2D eigenvalue weighted by Gasteiger charge is -2.35. The third-order valence-electron chi connectivity index (χ3n) is 3.27. The molecule has 1 aromatic rings. The summed E-state index contributed by atoms with van der Waals surface area (Å²) in [4.78, 5) is 14.3. The summed E-state index contributed by atoms with van der Waals surface area (Å²) in [5.41, 5.74) is -0.553. The first-order chi connectivity index (χ1) is 7.62. The first-order valence-corrected chi connectivity index (χ1v) is 5.63. The van der Waals surface area contributed by atoms with E-state index < -0.39 is 5.60 Å². The molecule has 1 fully saturated rings. The normalized spacial score (nSPS) is 20.6. The van der Waals surface area contributed by atoms with Crippen molar-refractivity contribution >= 4 is 5.78 Å². The Morgan fingerprint density at radius 2 is 1.81 bits per heavy atom. The Bertz CT molecular complexity index is 367. The second-order valence-electron chi connectivity index (χ2n) is 4.53. The van der Waals surface area contributed by atoms with Crippen LogP contribution < -0.4 is 0 Å². The molecule has 0 radical (unpaired) electrons. The van der Waals surface area contributed by atoms with Crippen molar-refractivity contribution in [1.82, 2.24) is 4.90 Å². The van der Waals surface area contributed by atoms with Crippen LogP contribution in [0.25, 0.3) is 0 Å². The number of carbonyl (C=O) groups excluding carboxylic acids is 1. The molecule has 0 bridgehead atoms. The van der Waals surface area contributed by atoms with Gasteiger partial charge in [0.1, 0.15) is 5.60 Å². The molecular weight excluding hydrogens is 202 g/mol. The summed E-state index contributed by atoms with van der Waals surface area (Å²) in [6, 6.07) is 9.05. The number of hydrogen-bond donors (Lipinski definition) is 1. The Labute approximate surface area is 95.7 Å². The Kier molecular flexibility index (Phi) is 3.08. The Hall–Kier alpha value is -1.19. The first kappa shape index (κ1) is 11.3. The van der Waals surface area contributed by atoms with E-state index in [0.29, 0.717) is 18.4 Å². The van der Waals surface area contributed by atoms with Gasteiger partial charge in [-0.05, 0) is 19.9 Å². The van der Waals surface area contributed by atoms with Crippen molar-refractivity contribution < 1.29 is 9.90 Å². The molecule has 1 N–H and O–H groups in total. The van der Waals surface area contributed by atoms with E-state index in [1.54, 1.807) is 12.1 Å². The maximum Gasteiger partial charge on any atom is 0.194 e. The minimum absolute atomic E-state index is 0.138. The molecule has 3 nitrogen and oxygen atoms in total. The fourth-order valence-electron chi connectivity index (χ4n) is 2.07. The number of ketones is 1. The van der Waals surface area contributed by atoms with Crippen LogP contribution in [0.4, 0.5) is 0 Å². The highest BCUT2D eigenvalue weighted by molar-refractivity contribution is 6.02. The number of benzene rings is 1. The van der Waals surface area contributed by atoms with E-state index in [1.165, 1.54) is 0 Å². The molecule has 1 saturated heterocycles. The van der Waals surface area contributed by atoms with Crippen LogP contribution in [0.5, 0.6) is 0 Å². The van der Waals surface area contributed by atoms with Crippen molar-refractivity contribution in [3.05, 3.63) is 35.9 Å². The molecule has 3 heteroatoms. The van der Waals surface area contributed by atoms with Gasteiger partial charge in [-0.1, -0.05) is 30.3 Å². The summed E-state index contributed by atoms with van der Waals surface area (Å²) < 4.78 is 0. The first-order valence-electron chi connectivity index (χ1n) is 5.63. The molecule has 0 saturated carbocycles. The number of Topliss-reactive ketones (excluding diaryl/α,β-unsaturated/α-hetero) is 1. The number of nitrogens with zero attached hydrogens (tertiary/aromatic N) is 1. The Morgan fingerprint density at radius 3 is 2.38 bits per heavy atom. The lowest BCUT2D eigenvalue weighted by Crippen LogP contribution is -2.48. The topological polar surface area (TPSA) is 40.5 Å². The fourth-order valence-corrected chi connectivity index (χ4v) is 2.07. The zero-order valence-electron chi connectivity index (χ0n) is 9.52. The summed E-state index contributed by atoms with van der Waals surface area (Å²) in [5, 5.41) is 10.3. The molecule has 0 aliphatic carbocycles. The van der Waals surface area contributed by atoms with Crippen molar-refractivity contribution in [3.63, 3.8) is 0 Å². The van der Waals surface area contributed by atoms with Crippen LogP contribution in [-0.2, 0) is 0 Å². The summed E-state index contributed by atoms with van der Waals surface area (Å²) in [5.74, 6) is -0.138. The van der Waals surface area contributed by atoms with Crippen molar-refractivity contribution in [3.8, 4) is 0 Å². The molecule has 16 heavy (non-hydrogen) atoms. The second kappa shape index (κ2) is 4.36. The lowest BCUT2D eigenvalue weighted by atomic mass is 9.84. The molecule has 1 aliphatic heterocycles. The van der Waals surface area contributed by atoms with Crippen LogP contribution in [0.3, 0.4) is 0 Å². The molecule has 1 aliphatic rings. The smallest absolute Gasteiger partial charge is 0.194 e. The molecule has 0 spiro atoms. The number of likely N-dealkylation sites (tertiary alicyclic amines) is 1. The van der Waals surface area contributed by atoms with Gasteiger partial charge in [-0.15, -0.1) is 0 Å². The third-order valence-corrected chi connectivity index (χ3v) is 3.27. The number of carbonyl (C=O) groups is 1. The van der Waals surface area contributed by atoms with Crippen LogP contribution in [0.1, 0.15) is 23.2 Å². The third kappa shape index (κ3) is 2.15. The lowest BCUT2D eigenvalue weighted by molar-refractivity contribution is -0.00196. The average Bonchev–Trinajstić information content (AvgIpc) is 2.33. The fraction of sp³-hybridized carbons (Fsp3) is 0.462. The minimum Gasteiger partial charge on any atom is -0.382 e. The summed E-state index contributed by atoms with van der Waals surface area (Å²) in [6.45, 7) is 1.55. The number of aliphatic hydroxyl groups is 1. The molecule has 1 aromatic carbocycles. The van der Waals surface area contributed by atoms with Gasteiger partial charge in [-0.25, -0.2) is 0 Å². The molecule has 1 heterocycles. The molecule has 0 aromatic heterocycles. The molecule has 2 rings (SSSR count). The van der Waals surface area contributed by atoms with Gasteiger partial charge in [0.15, 0.2) is 5.78 Å². The van der Waals surface area contributed by atoms with Crippen LogP contribution >= 0.6 is 0 Å². The highest BCUT2D eigenvalue weighted by Gasteiger charge is 2.38. The van der Waals surface area contributed by atoms with Crippen molar-refractivity contribution in [2.24, 2.45) is 0 Å². The van der Waals surface area contributed by atoms with Gasteiger partial charge in [0.25, 0.3) is 0 Å². The highest BCUT2D eigenvalue weighted by atomic mass is 16.3. The van der Waals surface area contributed by atoms with Gasteiger partial charge in [0.2, 0.25) is 0 Å². The zero-order chi connectivity index (χ0) is 11.6. The van der Waals surface area contributed by atoms with E-state index in [4.69, 9.17) is 0 Å². The summed E-state index contributed by atoms with van der Waals surface area (Å²) in [6.07, 6.45) is 1.05.